The summed E-state index contributed by atoms with van der Waals surface area (Å²) in [6.07, 6.45) is 3.83. The summed E-state index contributed by atoms with van der Waals surface area (Å²) in [6.45, 7) is 17.1. The molecule has 0 saturated carbocycles. The zero-order valence-electron chi connectivity index (χ0n) is 38.9. The van der Waals surface area contributed by atoms with Crippen molar-refractivity contribution in [3.05, 3.63) is 59.2 Å². The van der Waals surface area contributed by atoms with Crippen molar-refractivity contribution >= 4 is 53.2 Å². The Hall–Kier alpha value is -4.70. The maximum Gasteiger partial charge on any atom is 0.334 e. The fraction of sp³-hybridized carbons (Fsp3) is 0.630. The van der Waals surface area contributed by atoms with E-state index in [0.29, 0.717) is 12.4 Å². The second-order valence-electron chi connectivity index (χ2n) is 16.7. The quantitative estimate of drug-likeness (QED) is 0.170. The number of benzene rings is 1. The molecule has 2 rings (SSSR count). The zero-order valence-corrected chi connectivity index (χ0v) is 39.8. The van der Waals surface area contributed by atoms with Crippen LogP contribution in [0.2, 0.25) is 0 Å². The Morgan fingerprint density at radius 1 is 0.919 bits per heavy atom. The lowest BCUT2D eigenvalue weighted by Gasteiger charge is -2.33. The summed E-state index contributed by atoms with van der Waals surface area (Å²) in [7, 11) is 2.88. The van der Waals surface area contributed by atoms with Crippen LogP contribution in [0.3, 0.4) is 0 Å². The Bertz CT molecular complexity index is 1750. The van der Waals surface area contributed by atoms with Crippen LogP contribution in [0.4, 0.5) is 0 Å². The van der Waals surface area contributed by atoms with Crippen LogP contribution in [0.1, 0.15) is 94.1 Å². The SMILES string of the molecule is C/C=C(\C)[C@H]1OC(=O)[C@@H](C)NC(=O)C(C(C)CC)NC(=O)CN(C)C(=O)[C@@H](Cc2ccccc2)N(C)C(=O)[C@H](C)NC(=O)[C@@H](CC(C)C)OC(=O)/C(C)=C/C[C@@H](OCSC)[C@H]1C. The number of cyclic esters (lactones) is 2. The van der Waals surface area contributed by atoms with Crippen LogP contribution in [0, 0.1) is 17.8 Å². The molecule has 1 heterocycles. The third kappa shape index (κ3) is 16.2. The number of carbonyl (C=O) groups is 7. The third-order valence-electron chi connectivity index (χ3n) is 11.2. The lowest BCUT2D eigenvalue weighted by Crippen LogP contribution is -2.57. The first kappa shape index (κ1) is 53.4. The lowest BCUT2D eigenvalue weighted by molar-refractivity contribution is -0.155. The summed E-state index contributed by atoms with van der Waals surface area (Å²) in [4.78, 5) is 99.0. The minimum Gasteiger partial charge on any atom is -0.456 e. The Balaban J connectivity index is 2.68. The van der Waals surface area contributed by atoms with Crippen LogP contribution in [-0.2, 0) is 54.2 Å². The molecule has 0 radical (unpaired) electrons. The summed E-state index contributed by atoms with van der Waals surface area (Å²) in [5.41, 5.74) is 1.71. The summed E-state index contributed by atoms with van der Waals surface area (Å²) in [5.74, 6) is -5.02. The van der Waals surface area contributed by atoms with Gasteiger partial charge in [-0.3, -0.25) is 24.0 Å². The number of hydrogen-bond donors (Lipinski definition) is 3. The van der Waals surface area contributed by atoms with Crippen molar-refractivity contribution in [1.29, 1.82) is 0 Å². The molecule has 0 fully saturated rings. The molecule has 0 saturated heterocycles. The number of amides is 5. The van der Waals surface area contributed by atoms with E-state index in [0.717, 1.165) is 11.1 Å². The van der Waals surface area contributed by atoms with Gasteiger partial charge >= 0.3 is 11.9 Å². The van der Waals surface area contributed by atoms with Gasteiger partial charge < -0.3 is 40.0 Å². The molecule has 1 aliphatic rings. The van der Waals surface area contributed by atoms with Gasteiger partial charge in [0.05, 0.1) is 18.6 Å². The van der Waals surface area contributed by atoms with Crippen LogP contribution >= 0.6 is 11.8 Å². The normalized spacial score (nSPS) is 28.0. The maximum absolute atomic E-state index is 14.2. The number of likely N-dealkylation sites (N-methyl/N-ethyl adjacent to an activating group) is 2. The molecule has 1 aliphatic heterocycles. The van der Waals surface area contributed by atoms with Crippen molar-refractivity contribution in [3.63, 3.8) is 0 Å². The van der Waals surface area contributed by atoms with Crippen molar-refractivity contribution in [2.45, 2.75) is 137 Å². The number of allylic oxidation sites excluding steroid dienone is 1. The van der Waals surface area contributed by atoms with Crippen LogP contribution in [-0.4, -0.2) is 127 Å². The topological polar surface area (TPSA) is 190 Å². The molecule has 0 bridgehead atoms. The molecule has 1 aromatic rings. The Labute approximate surface area is 372 Å². The molecule has 346 valence electrons. The Morgan fingerprint density at radius 3 is 2.13 bits per heavy atom. The first-order chi connectivity index (χ1) is 29.2. The summed E-state index contributed by atoms with van der Waals surface area (Å²) >= 11 is 1.46. The molecule has 3 N–H and O–H groups in total. The second-order valence-corrected chi connectivity index (χ2v) is 17.6. The third-order valence-corrected chi connectivity index (χ3v) is 11.6. The summed E-state index contributed by atoms with van der Waals surface area (Å²) in [6, 6.07) is 4.65. The smallest absolute Gasteiger partial charge is 0.334 e. The molecule has 15 nitrogen and oxygen atoms in total. The van der Waals surface area contributed by atoms with Crippen molar-refractivity contribution < 1.29 is 47.8 Å². The molecular formula is C46H71N5O10S. The van der Waals surface area contributed by atoms with Gasteiger partial charge in [-0.05, 0) is 76.7 Å². The Morgan fingerprint density at radius 2 is 1.55 bits per heavy atom. The number of esters is 2. The van der Waals surface area contributed by atoms with Gasteiger partial charge in [0.15, 0.2) is 6.10 Å². The molecule has 16 heteroatoms. The van der Waals surface area contributed by atoms with Crippen LogP contribution in [0.25, 0.3) is 0 Å². The number of ether oxygens (including phenoxy) is 3. The number of hydrogen-bond acceptors (Lipinski definition) is 11. The molecule has 5 amide bonds. The fourth-order valence-electron chi connectivity index (χ4n) is 6.91. The molecule has 0 aliphatic carbocycles. The first-order valence-corrected chi connectivity index (χ1v) is 22.8. The van der Waals surface area contributed by atoms with E-state index in [-0.39, 0.29) is 36.7 Å². The standard InChI is InChI=1S/C46H71N5O10S/c1-14-28(5)39-42(54)48-33(10)46(58)61-40(29(6)15-2)31(8)36(59-26-62-13)22-21-30(7)45(57)60-37(23-27(3)4)41(53)47-32(9)43(55)51(12)35(24-34-19-17-16-18-20-34)44(56)50(11)25-38(52)49-39/h15-21,27-28,31-33,35-37,39-40H,14,22-26H2,1-13H3,(H,47,53)(H,48,54)(H,49,52)/b29-15+,30-21+/t28?,31-,32+,33-,35-,36-,37-,39?,40-/m1/s1. The van der Waals surface area contributed by atoms with Gasteiger partial charge in [0.25, 0.3) is 5.91 Å². The summed E-state index contributed by atoms with van der Waals surface area (Å²) < 4.78 is 18.1. The minimum atomic E-state index is -1.23. The van der Waals surface area contributed by atoms with Crippen molar-refractivity contribution in [2.24, 2.45) is 17.8 Å². The van der Waals surface area contributed by atoms with Crippen molar-refractivity contribution in [2.75, 3.05) is 32.8 Å². The van der Waals surface area contributed by atoms with E-state index in [9.17, 15) is 33.6 Å². The summed E-state index contributed by atoms with van der Waals surface area (Å²) in [5, 5.41) is 8.17. The van der Waals surface area contributed by atoms with E-state index in [4.69, 9.17) is 14.2 Å². The van der Waals surface area contributed by atoms with Gasteiger partial charge in [-0.15, -0.1) is 11.8 Å². The number of nitrogens with one attached hydrogen (secondary N) is 3. The molecule has 9 atom stereocenters. The first-order valence-electron chi connectivity index (χ1n) is 21.4. The highest BCUT2D eigenvalue weighted by atomic mass is 32.2. The lowest BCUT2D eigenvalue weighted by atomic mass is 9.90. The number of carbonyl (C=O) groups excluding carboxylic acids is 7. The van der Waals surface area contributed by atoms with Crippen LogP contribution in [0.5, 0.6) is 0 Å². The van der Waals surface area contributed by atoms with Gasteiger partial charge in [-0.2, -0.15) is 0 Å². The predicted molar refractivity (Wildman–Crippen MR) is 240 cm³/mol. The molecule has 2 unspecified atom stereocenters. The van der Waals surface area contributed by atoms with Crippen LogP contribution < -0.4 is 16.0 Å². The monoisotopic (exact) mass is 885 g/mol. The van der Waals surface area contributed by atoms with E-state index in [1.807, 2.05) is 72.1 Å². The van der Waals surface area contributed by atoms with Crippen LogP contribution in [0.15, 0.2) is 53.6 Å². The van der Waals surface area contributed by atoms with E-state index in [1.54, 1.807) is 32.1 Å². The molecule has 0 aromatic heterocycles. The van der Waals surface area contributed by atoms with Gasteiger partial charge in [0.1, 0.15) is 30.3 Å². The van der Waals surface area contributed by atoms with E-state index in [2.05, 4.69) is 16.0 Å². The Kier molecular flexibility index (Phi) is 22.5. The van der Waals surface area contributed by atoms with E-state index >= 15 is 0 Å². The van der Waals surface area contributed by atoms with Gasteiger partial charge in [-0.1, -0.05) is 83.5 Å². The van der Waals surface area contributed by atoms with Crippen molar-refractivity contribution in [3.8, 4) is 0 Å². The molecular weight excluding hydrogens is 815 g/mol. The van der Waals surface area contributed by atoms with Gasteiger partial charge in [0.2, 0.25) is 23.6 Å². The molecule has 1 aromatic carbocycles. The maximum atomic E-state index is 14.2. The van der Waals surface area contributed by atoms with E-state index < -0.39 is 96.4 Å². The fourth-order valence-corrected chi connectivity index (χ4v) is 7.22. The highest BCUT2D eigenvalue weighted by Gasteiger charge is 2.37. The highest BCUT2D eigenvalue weighted by Crippen LogP contribution is 2.26. The van der Waals surface area contributed by atoms with Gasteiger partial charge in [-0.25, -0.2) is 9.59 Å². The number of rotatable bonds is 10. The molecule has 0 spiro atoms. The highest BCUT2D eigenvalue weighted by molar-refractivity contribution is 7.98. The second kappa shape index (κ2) is 26.0. The number of nitrogens with zero attached hydrogens (tertiary/aromatic N) is 2. The molecule has 62 heavy (non-hydrogen) atoms. The largest absolute Gasteiger partial charge is 0.456 e. The van der Waals surface area contributed by atoms with Crippen molar-refractivity contribution in [1.82, 2.24) is 25.8 Å². The predicted octanol–water partition coefficient (Wildman–Crippen LogP) is 4.58. The zero-order chi connectivity index (χ0) is 46.8. The minimum absolute atomic E-state index is 0.0614. The number of thioether (sulfide) groups is 1. The average Bonchev–Trinajstić information content (AvgIpc) is 3.24. The van der Waals surface area contributed by atoms with E-state index in [1.165, 1.54) is 49.5 Å². The van der Waals surface area contributed by atoms with Gasteiger partial charge in [0, 0.05) is 32.0 Å². The average molecular weight is 886 g/mol.